The Labute approximate surface area is 262 Å². The molecule has 2 aromatic rings. The molecule has 15 heteroatoms. The number of benzene rings is 2. The van der Waals surface area contributed by atoms with Crippen molar-refractivity contribution in [1.29, 1.82) is 0 Å². The third-order valence-electron chi connectivity index (χ3n) is 6.70. The summed E-state index contributed by atoms with van der Waals surface area (Å²) in [5.74, 6) is 5.38. The minimum Gasteiger partial charge on any atom is -0.431 e. The van der Waals surface area contributed by atoms with Gasteiger partial charge in [0.25, 0.3) is 5.91 Å². The van der Waals surface area contributed by atoms with Gasteiger partial charge in [0, 0.05) is 12.6 Å². The van der Waals surface area contributed by atoms with Crippen molar-refractivity contribution in [3.8, 4) is 0 Å². The van der Waals surface area contributed by atoms with Gasteiger partial charge in [-0.1, -0.05) is 42.8 Å². The molecule has 0 aromatic heterocycles. The topological polar surface area (TPSA) is 200 Å². The van der Waals surface area contributed by atoms with E-state index in [1.807, 2.05) is 30.3 Å². The van der Waals surface area contributed by atoms with E-state index in [4.69, 9.17) is 30.6 Å². The summed E-state index contributed by atoms with van der Waals surface area (Å²) in [6.45, 7) is 2.33. The number of amidine groups is 2. The number of hydrogen-bond donors (Lipinski definition) is 2. The predicted molar refractivity (Wildman–Crippen MR) is 166 cm³/mol. The molecule has 242 valence electrons. The van der Waals surface area contributed by atoms with Crippen molar-refractivity contribution in [3.63, 3.8) is 0 Å². The van der Waals surface area contributed by atoms with E-state index < -0.39 is 12.4 Å². The van der Waals surface area contributed by atoms with E-state index in [-0.39, 0.29) is 49.8 Å². The van der Waals surface area contributed by atoms with Crippen LogP contribution in [0.4, 0.5) is 4.79 Å². The second kappa shape index (κ2) is 18.8. The summed E-state index contributed by atoms with van der Waals surface area (Å²) in [5.41, 5.74) is 8.88. The predicted octanol–water partition coefficient (Wildman–Crippen LogP) is 5.21. The van der Waals surface area contributed by atoms with Crippen LogP contribution >= 0.6 is 0 Å². The molecular formula is C30H41N9O6. The largest absolute Gasteiger partial charge is 0.510 e. The molecule has 15 nitrogen and oxygen atoms in total. The van der Waals surface area contributed by atoms with E-state index in [0.29, 0.717) is 5.56 Å². The Balaban J connectivity index is 1.41. The highest BCUT2D eigenvalue weighted by Gasteiger charge is 2.20. The molecule has 1 unspecified atom stereocenters. The first-order valence-corrected chi connectivity index (χ1v) is 14.6. The molecular weight excluding hydrogens is 582 g/mol. The summed E-state index contributed by atoms with van der Waals surface area (Å²) in [6.07, 6.45) is 3.52. The van der Waals surface area contributed by atoms with Crippen LogP contribution in [0.3, 0.4) is 0 Å². The Morgan fingerprint density at radius 1 is 1.00 bits per heavy atom. The van der Waals surface area contributed by atoms with E-state index >= 15 is 0 Å². The highest BCUT2D eigenvalue weighted by molar-refractivity contribution is 6.01. The number of hydroxylamine groups is 2. The molecule has 0 saturated heterocycles. The van der Waals surface area contributed by atoms with E-state index in [9.17, 15) is 9.59 Å². The lowest BCUT2D eigenvalue weighted by Gasteiger charge is -2.22. The first kappa shape index (κ1) is 34.7. The van der Waals surface area contributed by atoms with Crippen LogP contribution in [0.2, 0.25) is 0 Å². The molecule has 45 heavy (non-hydrogen) atoms. The molecule has 1 atom stereocenters. The number of ether oxygens (including phenoxy) is 3. The Bertz CT molecular complexity index is 1380. The zero-order valence-electron chi connectivity index (χ0n) is 25.9. The SMILES string of the molecule is CON(C)C(=O)c1cccc(CN=N/C(CC(N)=NN=NCc2cccc(COC(C)OC(=O)OC3CCCCC3)c2)=N\N)c1. The summed E-state index contributed by atoms with van der Waals surface area (Å²) in [7, 11) is 2.94. The smallest absolute Gasteiger partial charge is 0.431 e. The standard InChI is InChI=1S/C30H41N9O6/c1-21(44-30(41)45-26-13-5-4-6-14-26)43-20-24-11-7-9-22(15-24)19-34-38-36-27(31)17-28(35-32)37-33-18-23-10-8-12-25(16-23)29(40)39(2)42-3/h7-12,15-16,21,26H,4-6,13-14,17-20,32H2,1-3H3,(H2,31,34,36)/b35-28-,37-33?. The monoisotopic (exact) mass is 623 g/mol. The van der Waals surface area contributed by atoms with Crippen molar-refractivity contribution >= 4 is 23.7 Å². The van der Waals surface area contributed by atoms with Gasteiger partial charge in [-0.3, -0.25) is 9.63 Å². The fourth-order valence-corrected chi connectivity index (χ4v) is 4.32. The first-order valence-electron chi connectivity index (χ1n) is 14.6. The van der Waals surface area contributed by atoms with E-state index in [0.717, 1.165) is 47.4 Å². The van der Waals surface area contributed by atoms with Crippen LogP contribution in [0, 0.1) is 0 Å². The second-order valence-electron chi connectivity index (χ2n) is 10.2. The maximum absolute atomic E-state index is 12.3. The lowest BCUT2D eigenvalue weighted by molar-refractivity contribution is -0.124. The molecule has 1 aliphatic carbocycles. The van der Waals surface area contributed by atoms with Gasteiger partial charge in [-0.05, 0) is 66.7 Å². The van der Waals surface area contributed by atoms with Gasteiger partial charge in [-0.15, -0.1) is 10.2 Å². The molecule has 0 heterocycles. The number of hydrogen-bond acceptors (Lipinski definition) is 11. The van der Waals surface area contributed by atoms with Crippen LogP contribution in [0.1, 0.15) is 72.5 Å². The molecule has 0 aliphatic heterocycles. The lowest BCUT2D eigenvalue weighted by atomic mass is 9.98. The maximum Gasteiger partial charge on any atom is 0.510 e. The van der Waals surface area contributed by atoms with Gasteiger partial charge in [-0.2, -0.15) is 15.3 Å². The Morgan fingerprint density at radius 3 is 2.42 bits per heavy atom. The number of carbonyl (C=O) groups excluding carboxylic acids is 2. The zero-order chi connectivity index (χ0) is 32.4. The highest BCUT2D eigenvalue weighted by Crippen LogP contribution is 2.21. The fraction of sp³-hybridized carbons (Fsp3) is 0.467. The molecule has 1 saturated carbocycles. The van der Waals surface area contributed by atoms with Crippen LogP contribution in [-0.4, -0.2) is 55.3 Å². The number of hydrazone groups is 1. The Hall–Kier alpha value is -4.76. The molecule has 1 amide bonds. The van der Waals surface area contributed by atoms with Gasteiger partial charge < -0.3 is 25.8 Å². The number of nitrogens with two attached hydrogens (primary N) is 2. The lowest BCUT2D eigenvalue weighted by Crippen LogP contribution is -2.25. The number of azo groups is 1. The van der Waals surface area contributed by atoms with E-state index in [1.165, 1.54) is 20.6 Å². The van der Waals surface area contributed by atoms with Crippen LogP contribution in [0.5, 0.6) is 0 Å². The van der Waals surface area contributed by atoms with Gasteiger partial charge >= 0.3 is 6.16 Å². The molecule has 1 aliphatic rings. The molecule has 1 fully saturated rings. The minimum absolute atomic E-state index is 0.0114. The average molecular weight is 624 g/mol. The first-order chi connectivity index (χ1) is 21.8. The minimum atomic E-state index is -0.756. The van der Waals surface area contributed by atoms with Crippen LogP contribution < -0.4 is 11.6 Å². The van der Waals surface area contributed by atoms with Gasteiger partial charge in [0.05, 0.1) is 33.2 Å². The van der Waals surface area contributed by atoms with E-state index in [2.05, 4.69) is 30.8 Å². The summed E-state index contributed by atoms with van der Waals surface area (Å²) in [4.78, 5) is 29.2. The van der Waals surface area contributed by atoms with Crippen molar-refractivity contribution in [2.75, 3.05) is 14.2 Å². The molecule has 4 N–H and O–H groups in total. The number of rotatable bonds is 14. The summed E-state index contributed by atoms with van der Waals surface area (Å²) < 4.78 is 16.2. The average Bonchev–Trinajstić information content (AvgIpc) is 3.05. The van der Waals surface area contributed by atoms with Crippen molar-refractivity contribution < 1.29 is 28.6 Å². The van der Waals surface area contributed by atoms with Crippen LogP contribution in [0.25, 0.3) is 0 Å². The molecule has 2 aromatic carbocycles. The summed E-state index contributed by atoms with van der Waals surface area (Å²) >= 11 is 0. The molecule has 0 bridgehead atoms. The summed E-state index contributed by atoms with van der Waals surface area (Å²) in [6, 6.07) is 14.5. The third-order valence-corrected chi connectivity index (χ3v) is 6.70. The third kappa shape index (κ3) is 12.8. The van der Waals surface area contributed by atoms with E-state index in [1.54, 1.807) is 25.1 Å². The second-order valence-corrected chi connectivity index (χ2v) is 10.2. The normalized spacial score (nSPS) is 15.4. The Morgan fingerprint density at radius 2 is 1.69 bits per heavy atom. The van der Waals surface area contributed by atoms with Crippen molar-refractivity contribution in [2.24, 2.45) is 42.3 Å². The van der Waals surface area contributed by atoms with Crippen molar-refractivity contribution in [2.45, 2.75) is 77.5 Å². The van der Waals surface area contributed by atoms with Crippen LogP contribution in [0.15, 0.2) is 79.3 Å². The summed E-state index contributed by atoms with van der Waals surface area (Å²) in [5, 5.41) is 24.5. The van der Waals surface area contributed by atoms with Gasteiger partial charge in [0.15, 0.2) is 5.84 Å². The number of carbonyl (C=O) groups is 2. The van der Waals surface area contributed by atoms with Crippen molar-refractivity contribution in [1.82, 2.24) is 5.06 Å². The Kier molecular flexibility index (Phi) is 14.5. The van der Waals surface area contributed by atoms with Crippen molar-refractivity contribution in [3.05, 3.63) is 70.8 Å². The molecule has 0 radical (unpaired) electrons. The highest BCUT2D eigenvalue weighted by atomic mass is 16.8. The molecule has 3 rings (SSSR count). The zero-order valence-corrected chi connectivity index (χ0v) is 25.9. The number of amides is 1. The molecule has 0 spiro atoms. The van der Waals surface area contributed by atoms with Crippen LogP contribution in [-0.2, 0) is 38.7 Å². The van der Waals surface area contributed by atoms with Gasteiger partial charge in [-0.25, -0.2) is 9.86 Å². The van der Waals surface area contributed by atoms with Gasteiger partial charge in [0.2, 0.25) is 6.29 Å². The maximum atomic E-state index is 12.3. The quantitative estimate of drug-likeness (QED) is 0.0543. The fourth-order valence-electron chi connectivity index (χ4n) is 4.32. The number of nitrogens with zero attached hydrogens (tertiary/aromatic N) is 7. The van der Waals surface area contributed by atoms with Gasteiger partial charge in [0.1, 0.15) is 11.9 Å².